The summed E-state index contributed by atoms with van der Waals surface area (Å²) in [5.74, 6) is -2.97. The number of carbonyl (C=O) groups excluding carboxylic acids is 1. The van der Waals surface area contributed by atoms with Gasteiger partial charge in [-0.25, -0.2) is 4.79 Å². The lowest BCUT2D eigenvalue weighted by Crippen LogP contribution is -2.52. The molecule has 6 nitrogen and oxygen atoms in total. The molecule has 0 saturated heterocycles. The van der Waals surface area contributed by atoms with E-state index < -0.39 is 44.9 Å². The van der Waals surface area contributed by atoms with Crippen LogP contribution in [0.2, 0.25) is 0 Å². The smallest absolute Gasteiger partial charge is 0.432 e. The van der Waals surface area contributed by atoms with E-state index in [0.29, 0.717) is 10.9 Å². The summed E-state index contributed by atoms with van der Waals surface area (Å²) in [5, 5.41) is 4.57. The Bertz CT molecular complexity index is 1050. The summed E-state index contributed by atoms with van der Waals surface area (Å²) >= 11 is 0. The van der Waals surface area contributed by atoms with Gasteiger partial charge in [-0.1, -0.05) is 24.8 Å². The zero-order valence-corrected chi connectivity index (χ0v) is 14.4. The van der Waals surface area contributed by atoms with Crippen LogP contribution < -0.4 is 0 Å². The van der Waals surface area contributed by atoms with Gasteiger partial charge in [-0.05, 0) is 34.5 Å². The molecule has 12 heteroatoms. The van der Waals surface area contributed by atoms with Crippen LogP contribution in [-0.4, -0.2) is 41.6 Å². The van der Waals surface area contributed by atoms with E-state index in [-0.39, 0.29) is 5.39 Å². The summed E-state index contributed by atoms with van der Waals surface area (Å²) in [4.78, 5) is 12.0. The molecular weight excluding hydrogens is 415 g/mol. The molecule has 2 aromatic carbocycles. The molecule has 0 heterocycles. The molecule has 0 saturated carbocycles. The van der Waals surface area contributed by atoms with Crippen molar-refractivity contribution in [1.29, 1.82) is 0 Å². The quantitative estimate of drug-likeness (QED) is 0.429. The molecule has 2 N–H and O–H groups in total. The first-order valence-electron chi connectivity index (χ1n) is 7.20. The van der Waals surface area contributed by atoms with Crippen molar-refractivity contribution in [2.45, 2.75) is 17.5 Å². The topological polar surface area (TPSA) is 101 Å². The molecule has 1 atom stereocenters. The average molecular weight is 426 g/mol. The van der Waals surface area contributed by atoms with Crippen LogP contribution in [0, 0.1) is 0 Å². The Labute approximate surface area is 154 Å². The van der Waals surface area contributed by atoms with Crippen LogP contribution in [0.25, 0.3) is 16.8 Å². The predicted molar refractivity (Wildman–Crippen MR) is 87.5 cm³/mol. The number of ether oxygens (including phenoxy) is 1. The molecule has 0 amide bonds. The number of halogens is 5. The second-order valence-corrected chi connectivity index (χ2v) is 7.04. The molecule has 152 valence electrons. The predicted octanol–water partition coefficient (Wildman–Crippen LogP) is 3.76. The maximum atomic E-state index is 13.5. The maximum absolute atomic E-state index is 13.5. The van der Waals surface area contributed by atoms with Crippen molar-refractivity contribution < 1.29 is 49.6 Å². The van der Waals surface area contributed by atoms with E-state index in [1.807, 2.05) is 0 Å². The van der Waals surface area contributed by atoms with Crippen molar-refractivity contribution in [1.82, 2.24) is 0 Å². The number of hydrogen-bond donors (Lipinski definition) is 2. The van der Waals surface area contributed by atoms with Crippen LogP contribution in [0.15, 0.2) is 36.9 Å². The summed E-state index contributed by atoms with van der Waals surface area (Å²) in [5.41, 5.74) is -0.300. The summed E-state index contributed by atoms with van der Waals surface area (Å²) < 4.78 is 98.8. The summed E-state index contributed by atoms with van der Waals surface area (Å²) in [6, 6.07) is 6.30. The number of carbonyl (C=O) groups is 1. The Kier molecular flexibility index (Phi) is 5.41. The summed E-state index contributed by atoms with van der Waals surface area (Å²) in [7, 11) is -6.57. The van der Waals surface area contributed by atoms with E-state index in [1.54, 1.807) is 0 Å². The largest absolute Gasteiger partial charge is 0.507 e. The van der Waals surface area contributed by atoms with Crippen molar-refractivity contribution in [3.63, 3.8) is 0 Å². The number of aromatic hydroxyl groups is 1. The van der Waals surface area contributed by atoms with Gasteiger partial charge in [-0.15, -0.1) is 0 Å². The minimum Gasteiger partial charge on any atom is -0.507 e. The molecule has 0 radical (unpaired) electrons. The highest BCUT2D eigenvalue weighted by molar-refractivity contribution is 7.86. The zero-order valence-electron chi connectivity index (χ0n) is 13.6. The van der Waals surface area contributed by atoms with Gasteiger partial charge in [0.1, 0.15) is 11.3 Å². The maximum Gasteiger partial charge on any atom is 0.432 e. The molecular formula is C16H11F5O6S. The number of phenolic OH excluding ortho intramolecular Hbond substituents is 1. The first kappa shape index (κ1) is 21.6. The zero-order chi connectivity index (χ0) is 21.5. The molecule has 0 fully saturated rings. The summed E-state index contributed by atoms with van der Waals surface area (Å²) in [6.07, 6.45) is -9.08. The monoisotopic (exact) mass is 426 g/mol. The Balaban J connectivity index is 2.49. The minimum atomic E-state index is -6.57. The number of alkyl halides is 5. The molecule has 0 spiro atoms. The highest BCUT2D eigenvalue weighted by Crippen LogP contribution is 2.39. The van der Waals surface area contributed by atoms with Crippen LogP contribution in [0.5, 0.6) is 5.75 Å². The second kappa shape index (κ2) is 7.02. The summed E-state index contributed by atoms with van der Waals surface area (Å²) in [6.45, 7) is 3.52. The SMILES string of the molecule is C=Cc1ccc2cc(C(=O)OC(C(F)(F)F)C(F)(F)S(=O)(=O)O)c(O)cc2c1. The van der Waals surface area contributed by atoms with Gasteiger partial charge >= 0.3 is 27.5 Å². The molecule has 0 aliphatic carbocycles. The van der Waals surface area contributed by atoms with E-state index in [0.717, 1.165) is 12.1 Å². The Morgan fingerprint density at radius 2 is 1.71 bits per heavy atom. The molecule has 2 rings (SSSR count). The van der Waals surface area contributed by atoms with Gasteiger partial charge in [0.2, 0.25) is 0 Å². The van der Waals surface area contributed by atoms with Gasteiger partial charge in [0.05, 0.1) is 0 Å². The molecule has 28 heavy (non-hydrogen) atoms. The van der Waals surface area contributed by atoms with Crippen LogP contribution >= 0.6 is 0 Å². The number of phenols is 1. The van der Waals surface area contributed by atoms with Crippen molar-refractivity contribution >= 4 is 32.9 Å². The van der Waals surface area contributed by atoms with Gasteiger partial charge in [-0.3, -0.25) is 4.55 Å². The molecule has 1 unspecified atom stereocenters. The third kappa shape index (κ3) is 4.07. The molecule has 2 aromatic rings. The number of fused-ring (bicyclic) bond motifs is 1. The minimum absolute atomic E-state index is 0.237. The van der Waals surface area contributed by atoms with Gasteiger partial charge in [0.15, 0.2) is 0 Å². The fourth-order valence-corrected chi connectivity index (χ4v) is 2.68. The van der Waals surface area contributed by atoms with Crippen LogP contribution in [-0.2, 0) is 14.9 Å². The second-order valence-electron chi connectivity index (χ2n) is 5.54. The third-order valence-electron chi connectivity index (χ3n) is 3.61. The van der Waals surface area contributed by atoms with Crippen molar-refractivity contribution in [2.75, 3.05) is 0 Å². The first-order valence-corrected chi connectivity index (χ1v) is 8.64. The van der Waals surface area contributed by atoms with E-state index in [4.69, 9.17) is 4.55 Å². The highest BCUT2D eigenvalue weighted by Gasteiger charge is 2.66. The third-order valence-corrected chi connectivity index (χ3v) is 4.51. The fraction of sp³-hybridized carbons (Fsp3) is 0.188. The van der Waals surface area contributed by atoms with E-state index in [1.165, 1.54) is 24.3 Å². The van der Waals surface area contributed by atoms with E-state index >= 15 is 0 Å². The normalized spacial score (nSPS) is 13.9. The molecule has 0 bridgehead atoms. The van der Waals surface area contributed by atoms with Crippen LogP contribution in [0.4, 0.5) is 22.0 Å². The Morgan fingerprint density at radius 3 is 2.21 bits per heavy atom. The van der Waals surface area contributed by atoms with Crippen molar-refractivity contribution in [2.24, 2.45) is 0 Å². The highest BCUT2D eigenvalue weighted by atomic mass is 32.2. The molecule has 0 aliphatic rings. The standard InChI is InChI=1S/C16H11F5O6S/c1-2-8-3-4-9-6-11(12(22)7-10(9)5-8)13(23)27-14(15(17,18)19)16(20,21)28(24,25)26/h2-7,14,22H,1H2,(H,24,25,26). The molecule has 0 aliphatic heterocycles. The Hall–Kier alpha value is -2.73. The number of hydrogen-bond acceptors (Lipinski definition) is 5. The van der Waals surface area contributed by atoms with Gasteiger partial charge in [0, 0.05) is 0 Å². The van der Waals surface area contributed by atoms with Crippen LogP contribution in [0.1, 0.15) is 15.9 Å². The Morgan fingerprint density at radius 1 is 1.11 bits per heavy atom. The van der Waals surface area contributed by atoms with E-state index in [9.17, 15) is 40.3 Å². The van der Waals surface area contributed by atoms with Crippen molar-refractivity contribution in [3.05, 3.63) is 48.0 Å². The molecule has 0 aromatic heterocycles. The van der Waals surface area contributed by atoms with Crippen LogP contribution in [0.3, 0.4) is 0 Å². The fourth-order valence-electron chi connectivity index (χ4n) is 2.23. The van der Waals surface area contributed by atoms with E-state index in [2.05, 4.69) is 11.3 Å². The lowest BCUT2D eigenvalue weighted by molar-refractivity contribution is -0.248. The number of benzene rings is 2. The number of esters is 1. The van der Waals surface area contributed by atoms with Gasteiger partial charge in [-0.2, -0.15) is 30.4 Å². The average Bonchev–Trinajstić information content (AvgIpc) is 2.56. The van der Waals surface area contributed by atoms with Crippen molar-refractivity contribution in [3.8, 4) is 5.75 Å². The van der Waals surface area contributed by atoms with Gasteiger partial charge in [0.25, 0.3) is 6.10 Å². The lowest BCUT2D eigenvalue weighted by atomic mass is 10.0. The number of rotatable bonds is 5. The lowest BCUT2D eigenvalue weighted by Gasteiger charge is -2.26. The van der Waals surface area contributed by atoms with Gasteiger partial charge < -0.3 is 9.84 Å². The first-order chi connectivity index (χ1) is 12.7.